The molecule has 0 aliphatic carbocycles. The first-order valence-corrected chi connectivity index (χ1v) is 6.63. The molecule has 8 heteroatoms. The molecule has 0 saturated heterocycles. The molecule has 2 rings (SSSR count). The molecule has 2 aromatic rings. The van der Waals surface area contributed by atoms with E-state index in [1.165, 1.54) is 11.8 Å². The van der Waals surface area contributed by atoms with Crippen LogP contribution in [0.3, 0.4) is 0 Å². The molecule has 2 heterocycles. The zero-order valence-corrected chi connectivity index (χ0v) is 11.3. The third-order valence-electron chi connectivity index (χ3n) is 2.38. The van der Waals surface area contributed by atoms with Gasteiger partial charge in [-0.25, -0.2) is 9.97 Å². The molecule has 96 valence electrons. The van der Waals surface area contributed by atoms with Crippen LogP contribution >= 0.6 is 11.8 Å². The maximum Gasteiger partial charge on any atom is 0.191 e. The second-order valence-corrected chi connectivity index (χ2v) is 4.36. The van der Waals surface area contributed by atoms with E-state index >= 15 is 0 Å². The summed E-state index contributed by atoms with van der Waals surface area (Å²) in [5, 5.41) is 14.8. The second-order valence-electron chi connectivity index (χ2n) is 3.59. The van der Waals surface area contributed by atoms with Crippen molar-refractivity contribution >= 4 is 23.4 Å². The van der Waals surface area contributed by atoms with Gasteiger partial charge in [0.25, 0.3) is 0 Å². The molecule has 0 unspecified atom stereocenters. The highest BCUT2D eigenvalue weighted by Crippen LogP contribution is 2.17. The molecule has 0 radical (unpaired) electrons. The van der Waals surface area contributed by atoms with Crippen LogP contribution in [0.25, 0.3) is 0 Å². The molecule has 0 aliphatic rings. The summed E-state index contributed by atoms with van der Waals surface area (Å²) in [4.78, 5) is 8.67. The minimum absolute atomic E-state index is 0.574. The van der Waals surface area contributed by atoms with E-state index in [4.69, 9.17) is 0 Å². The van der Waals surface area contributed by atoms with Gasteiger partial charge in [0.2, 0.25) is 0 Å². The number of anilines is 2. The van der Waals surface area contributed by atoms with E-state index in [9.17, 15) is 0 Å². The molecule has 0 atom stereocenters. The van der Waals surface area contributed by atoms with E-state index in [2.05, 4.69) is 30.8 Å². The zero-order valence-electron chi connectivity index (χ0n) is 10.5. The zero-order chi connectivity index (χ0) is 13.0. The molecule has 0 aliphatic heterocycles. The summed E-state index contributed by atoms with van der Waals surface area (Å²) >= 11 is 1.50. The van der Waals surface area contributed by atoms with Gasteiger partial charge in [-0.15, -0.1) is 10.2 Å². The fourth-order valence-corrected chi connectivity index (χ4v) is 1.75. The molecule has 0 amide bonds. The number of nitrogens with zero attached hydrogens (tertiary/aromatic N) is 5. The summed E-state index contributed by atoms with van der Waals surface area (Å²) < 4.78 is 1.86. The molecule has 0 fully saturated rings. The van der Waals surface area contributed by atoms with Gasteiger partial charge in [-0.05, 0) is 6.26 Å². The Morgan fingerprint density at radius 2 is 2.11 bits per heavy atom. The van der Waals surface area contributed by atoms with E-state index in [0.29, 0.717) is 6.54 Å². The van der Waals surface area contributed by atoms with Gasteiger partial charge in [0.1, 0.15) is 18.0 Å². The van der Waals surface area contributed by atoms with Crippen molar-refractivity contribution in [1.29, 1.82) is 0 Å². The number of nitrogens with one attached hydrogen (secondary N) is 2. The van der Waals surface area contributed by atoms with Crippen molar-refractivity contribution in [3.8, 4) is 0 Å². The molecular weight excluding hydrogens is 250 g/mol. The maximum atomic E-state index is 4.37. The standard InChI is InChI=1S/C10H15N7S/c1-11-7-4-8(15-10(14-7)18-3)12-5-9-16-13-6-17(9)2/h4,6H,5H2,1-3H3,(H2,11,12,14,15). The normalized spacial score (nSPS) is 10.4. The maximum absolute atomic E-state index is 4.37. The number of thioether (sulfide) groups is 1. The number of rotatable bonds is 5. The number of aromatic nitrogens is 5. The van der Waals surface area contributed by atoms with Crippen LogP contribution in [0, 0.1) is 0 Å². The lowest BCUT2D eigenvalue weighted by Gasteiger charge is -2.08. The first kappa shape index (κ1) is 12.6. The van der Waals surface area contributed by atoms with Crippen molar-refractivity contribution < 1.29 is 0 Å². The topological polar surface area (TPSA) is 80.5 Å². The van der Waals surface area contributed by atoms with Crippen LogP contribution in [-0.4, -0.2) is 38.0 Å². The van der Waals surface area contributed by atoms with Gasteiger partial charge in [-0.3, -0.25) is 0 Å². The van der Waals surface area contributed by atoms with Crippen molar-refractivity contribution in [2.75, 3.05) is 23.9 Å². The highest BCUT2D eigenvalue weighted by molar-refractivity contribution is 7.98. The Morgan fingerprint density at radius 3 is 2.72 bits per heavy atom. The van der Waals surface area contributed by atoms with Gasteiger partial charge in [0, 0.05) is 20.2 Å². The van der Waals surface area contributed by atoms with Crippen molar-refractivity contribution in [3.63, 3.8) is 0 Å². The number of hydrogen-bond donors (Lipinski definition) is 2. The van der Waals surface area contributed by atoms with E-state index in [1.54, 1.807) is 6.33 Å². The number of hydrogen-bond acceptors (Lipinski definition) is 7. The third kappa shape index (κ3) is 2.89. The fraction of sp³-hybridized carbons (Fsp3) is 0.400. The summed E-state index contributed by atoms with van der Waals surface area (Å²) in [6, 6.07) is 1.86. The Labute approximate surface area is 109 Å². The Balaban J connectivity index is 2.11. The monoisotopic (exact) mass is 265 g/mol. The van der Waals surface area contributed by atoms with E-state index < -0.39 is 0 Å². The van der Waals surface area contributed by atoms with Gasteiger partial charge in [0.05, 0.1) is 6.54 Å². The minimum Gasteiger partial charge on any atom is -0.373 e. The van der Waals surface area contributed by atoms with Crippen LogP contribution in [0.4, 0.5) is 11.6 Å². The van der Waals surface area contributed by atoms with Gasteiger partial charge >= 0.3 is 0 Å². The molecule has 2 N–H and O–H groups in total. The first-order chi connectivity index (χ1) is 8.72. The summed E-state index contributed by atoms with van der Waals surface area (Å²) in [6.07, 6.45) is 3.62. The van der Waals surface area contributed by atoms with E-state index in [1.807, 2.05) is 31.0 Å². The average molecular weight is 265 g/mol. The van der Waals surface area contributed by atoms with Gasteiger partial charge in [-0.1, -0.05) is 11.8 Å². The van der Waals surface area contributed by atoms with Crippen LogP contribution in [0.2, 0.25) is 0 Å². The van der Waals surface area contributed by atoms with Crippen LogP contribution in [0.1, 0.15) is 5.82 Å². The molecule has 0 saturated carbocycles. The summed E-state index contributed by atoms with van der Waals surface area (Å²) in [6.45, 7) is 0.574. The Kier molecular flexibility index (Phi) is 3.98. The summed E-state index contributed by atoms with van der Waals surface area (Å²) in [5.41, 5.74) is 0. The van der Waals surface area contributed by atoms with Crippen molar-refractivity contribution in [3.05, 3.63) is 18.2 Å². The molecular formula is C10H15N7S. The van der Waals surface area contributed by atoms with Crippen molar-refractivity contribution in [2.45, 2.75) is 11.7 Å². The second kappa shape index (κ2) is 5.67. The van der Waals surface area contributed by atoms with Gasteiger partial charge in [-0.2, -0.15) is 0 Å². The molecule has 0 aromatic carbocycles. The molecule has 18 heavy (non-hydrogen) atoms. The van der Waals surface area contributed by atoms with Gasteiger partial charge in [0.15, 0.2) is 11.0 Å². The van der Waals surface area contributed by atoms with Crippen LogP contribution in [0.5, 0.6) is 0 Å². The largest absolute Gasteiger partial charge is 0.373 e. The lowest BCUT2D eigenvalue weighted by Crippen LogP contribution is -2.08. The minimum atomic E-state index is 0.574. The number of aryl methyl sites for hydroxylation is 1. The Hall–Kier alpha value is -1.83. The molecule has 2 aromatic heterocycles. The van der Waals surface area contributed by atoms with Crippen LogP contribution in [-0.2, 0) is 13.6 Å². The van der Waals surface area contributed by atoms with Crippen molar-refractivity contribution in [1.82, 2.24) is 24.7 Å². The van der Waals surface area contributed by atoms with Crippen molar-refractivity contribution in [2.24, 2.45) is 7.05 Å². The SMILES string of the molecule is CNc1cc(NCc2nncn2C)nc(SC)n1. The highest BCUT2D eigenvalue weighted by atomic mass is 32.2. The highest BCUT2D eigenvalue weighted by Gasteiger charge is 2.05. The quantitative estimate of drug-likeness (QED) is 0.616. The van der Waals surface area contributed by atoms with Gasteiger partial charge < -0.3 is 15.2 Å². The Morgan fingerprint density at radius 1 is 1.33 bits per heavy atom. The molecule has 7 nitrogen and oxygen atoms in total. The Bertz CT molecular complexity index is 502. The van der Waals surface area contributed by atoms with E-state index in [-0.39, 0.29) is 0 Å². The molecule has 0 bridgehead atoms. The third-order valence-corrected chi connectivity index (χ3v) is 2.92. The smallest absolute Gasteiger partial charge is 0.191 e. The lowest BCUT2D eigenvalue weighted by molar-refractivity contribution is 0.807. The van der Waals surface area contributed by atoms with E-state index in [0.717, 1.165) is 22.6 Å². The predicted octanol–water partition coefficient (Wildman–Crippen LogP) is 0.981. The first-order valence-electron chi connectivity index (χ1n) is 5.40. The lowest BCUT2D eigenvalue weighted by atomic mass is 10.5. The van der Waals surface area contributed by atoms with Crippen LogP contribution < -0.4 is 10.6 Å². The van der Waals surface area contributed by atoms with Crippen LogP contribution in [0.15, 0.2) is 17.6 Å². The molecule has 0 spiro atoms. The summed E-state index contributed by atoms with van der Waals surface area (Å²) in [5.74, 6) is 2.40. The average Bonchev–Trinajstić information content (AvgIpc) is 2.81. The fourth-order valence-electron chi connectivity index (χ4n) is 1.37. The summed E-state index contributed by atoms with van der Waals surface area (Å²) in [7, 11) is 3.74. The predicted molar refractivity (Wildman–Crippen MR) is 71.7 cm³/mol.